The van der Waals surface area contributed by atoms with Crippen molar-refractivity contribution in [2.75, 3.05) is 12.3 Å². The number of anilines is 1. The third kappa shape index (κ3) is 2.36. The van der Waals surface area contributed by atoms with E-state index in [1.54, 1.807) is 13.0 Å². The molecule has 0 saturated carbocycles. The summed E-state index contributed by atoms with van der Waals surface area (Å²) in [7, 11) is 0. The lowest BCUT2D eigenvalue weighted by Crippen LogP contribution is -2.04. The Kier molecular flexibility index (Phi) is 3.35. The Hall–Kier alpha value is -2.39. The van der Waals surface area contributed by atoms with Crippen molar-refractivity contribution in [1.82, 2.24) is 9.78 Å². The lowest BCUT2D eigenvalue weighted by Gasteiger charge is -2.06. The van der Waals surface area contributed by atoms with Crippen molar-refractivity contribution in [2.45, 2.75) is 25.9 Å². The maximum Gasteiger partial charge on any atom is 0.145 e. The zero-order valence-corrected chi connectivity index (χ0v) is 11.6. The van der Waals surface area contributed by atoms with Gasteiger partial charge in [-0.1, -0.05) is 0 Å². The van der Waals surface area contributed by atoms with Crippen LogP contribution in [-0.2, 0) is 4.74 Å². The Morgan fingerprint density at radius 1 is 1.48 bits per heavy atom. The molecule has 0 radical (unpaired) electrons. The topological polar surface area (TPSA) is 76.9 Å². The average Bonchev–Trinajstić information content (AvgIpc) is 3.04. The average molecular weight is 286 g/mol. The molecule has 5 nitrogen and oxygen atoms in total. The number of ether oxygens (including phenoxy) is 1. The first kappa shape index (κ1) is 13.6. The van der Waals surface area contributed by atoms with E-state index in [0.717, 1.165) is 18.4 Å². The van der Waals surface area contributed by atoms with E-state index in [2.05, 4.69) is 11.2 Å². The predicted molar refractivity (Wildman–Crippen MR) is 75.3 cm³/mol. The van der Waals surface area contributed by atoms with E-state index in [9.17, 15) is 9.65 Å². The summed E-state index contributed by atoms with van der Waals surface area (Å²) < 4.78 is 20.5. The van der Waals surface area contributed by atoms with E-state index in [1.165, 1.54) is 16.8 Å². The van der Waals surface area contributed by atoms with Crippen LogP contribution in [0.15, 0.2) is 18.2 Å². The van der Waals surface area contributed by atoms with Gasteiger partial charge in [0, 0.05) is 6.61 Å². The zero-order valence-electron chi connectivity index (χ0n) is 11.6. The minimum atomic E-state index is -0.364. The van der Waals surface area contributed by atoms with Crippen LogP contribution < -0.4 is 5.73 Å². The van der Waals surface area contributed by atoms with Crippen LogP contribution in [0.4, 0.5) is 10.2 Å². The molecule has 1 aromatic heterocycles. The number of nitrogens with zero attached hydrogens (tertiary/aromatic N) is 3. The summed E-state index contributed by atoms with van der Waals surface area (Å²) >= 11 is 0. The molecular weight excluding hydrogens is 271 g/mol. The van der Waals surface area contributed by atoms with E-state index in [-0.39, 0.29) is 17.7 Å². The second-order valence-corrected chi connectivity index (χ2v) is 5.16. The van der Waals surface area contributed by atoms with Gasteiger partial charge in [-0.2, -0.15) is 10.4 Å². The summed E-state index contributed by atoms with van der Waals surface area (Å²) in [6.45, 7) is 2.44. The van der Waals surface area contributed by atoms with Crippen LogP contribution in [0.5, 0.6) is 0 Å². The van der Waals surface area contributed by atoms with E-state index >= 15 is 0 Å². The fraction of sp³-hybridized carbons (Fsp3) is 0.333. The fourth-order valence-electron chi connectivity index (χ4n) is 2.62. The number of halogens is 1. The van der Waals surface area contributed by atoms with Crippen molar-refractivity contribution >= 4 is 5.82 Å². The molecule has 2 aromatic rings. The normalized spacial score (nSPS) is 17.9. The number of nitrogen functional groups attached to an aromatic ring is 1. The highest BCUT2D eigenvalue weighted by Crippen LogP contribution is 2.33. The van der Waals surface area contributed by atoms with Crippen LogP contribution in [-0.4, -0.2) is 16.4 Å². The molecule has 0 amide bonds. The van der Waals surface area contributed by atoms with Gasteiger partial charge in [0.1, 0.15) is 35.1 Å². The highest BCUT2D eigenvalue weighted by atomic mass is 19.1. The van der Waals surface area contributed by atoms with Crippen molar-refractivity contribution < 1.29 is 9.13 Å². The fourth-order valence-corrected chi connectivity index (χ4v) is 2.62. The first-order valence-electron chi connectivity index (χ1n) is 6.78. The number of hydrogen-bond acceptors (Lipinski definition) is 4. The van der Waals surface area contributed by atoms with E-state index in [1.807, 2.05) is 0 Å². The molecule has 0 bridgehead atoms. The van der Waals surface area contributed by atoms with Crippen molar-refractivity contribution in [1.29, 1.82) is 5.26 Å². The third-order valence-electron chi connectivity index (χ3n) is 3.57. The molecule has 0 unspecified atom stereocenters. The molecule has 1 aliphatic heterocycles. The largest absolute Gasteiger partial charge is 0.382 e. The number of aromatic nitrogens is 2. The molecule has 6 heteroatoms. The molecule has 21 heavy (non-hydrogen) atoms. The molecule has 1 fully saturated rings. The van der Waals surface area contributed by atoms with Gasteiger partial charge < -0.3 is 10.5 Å². The summed E-state index contributed by atoms with van der Waals surface area (Å²) in [5, 5.41) is 13.7. The summed E-state index contributed by atoms with van der Waals surface area (Å²) in [4.78, 5) is 0. The monoisotopic (exact) mass is 286 g/mol. The highest BCUT2D eigenvalue weighted by molar-refractivity contribution is 5.57. The number of benzene rings is 1. The van der Waals surface area contributed by atoms with Gasteiger partial charge in [0.2, 0.25) is 0 Å². The van der Waals surface area contributed by atoms with Crippen molar-refractivity contribution in [3.8, 4) is 11.8 Å². The van der Waals surface area contributed by atoms with E-state index in [0.29, 0.717) is 23.6 Å². The number of hydrogen-bond donors (Lipinski definition) is 1. The molecule has 1 aromatic carbocycles. The van der Waals surface area contributed by atoms with Gasteiger partial charge in [-0.3, -0.25) is 0 Å². The van der Waals surface area contributed by atoms with Crippen LogP contribution in [0.1, 0.15) is 35.8 Å². The number of nitriles is 1. The molecular formula is C15H15FN4O. The standard InChI is InChI=1S/C15H15FN4O/c1-9-5-10(16)7-11(6-9)20-15(18)12(8-17)14(19-20)13-3-2-4-21-13/h5-7,13H,2-4,18H2,1H3/t13-/m1/s1. The number of aryl methyl sites for hydroxylation is 1. The van der Waals surface area contributed by atoms with E-state index < -0.39 is 0 Å². The summed E-state index contributed by atoms with van der Waals surface area (Å²) in [5.74, 6) is -0.148. The lowest BCUT2D eigenvalue weighted by molar-refractivity contribution is 0.108. The van der Waals surface area contributed by atoms with Gasteiger partial charge in [0.25, 0.3) is 0 Å². The van der Waals surface area contributed by atoms with Crippen LogP contribution in [0.3, 0.4) is 0 Å². The molecule has 3 rings (SSSR count). The third-order valence-corrected chi connectivity index (χ3v) is 3.57. The van der Waals surface area contributed by atoms with Gasteiger partial charge in [-0.15, -0.1) is 0 Å². The summed E-state index contributed by atoms with van der Waals surface area (Å²) in [6, 6.07) is 6.62. The van der Waals surface area contributed by atoms with Crippen molar-refractivity contribution in [3.63, 3.8) is 0 Å². The highest BCUT2D eigenvalue weighted by Gasteiger charge is 2.27. The van der Waals surface area contributed by atoms with Gasteiger partial charge in [0.05, 0.1) is 5.69 Å². The second-order valence-electron chi connectivity index (χ2n) is 5.16. The van der Waals surface area contributed by atoms with Gasteiger partial charge >= 0.3 is 0 Å². The lowest BCUT2D eigenvalue weighted by atomic mass is 10.1. The minimum Gasteiger partial charge on any atom is -0.382 e. The second kappa shape index (κ2) is 5.19. The molecule has 1 saturated heterocycles. The number of nitrogens with two attached hydrogens (primary N) is 1. The molecule has 2 N–H and O–H groups in total. The van der Waals surface area contributed by atoms with Crippen molar-refractivity contribution in [3.05, 3.63) is 40.8 Å². The smallest absolute Gasteiger partial charge is 0.145 e. The van der Waals surface area contributed by atoms with Gasteiger partial charge in [-0.25, -0.2) is 9.07 Å². The summed E-state index contributed by atoms with van der Waals surface area (Å²) in [6.07, 6.45) is 1.53. The Balaban J connectivity index is 2.13. The zero-order chi connectivity index (χ0) is 15.0. The maximum atomic E-state index is 13.6. The quantitative estimate of drug-likeness (QED) is 0.920. The van der Waals surface area contributed by atoms with Gasteiger partial charge in [0.15, 0.2) is 0 Å². The minimum absolute atomic E-state index is 0.210. The van der Waals surface area contributed by atoms with Crippen molar-refractivity contribution in [2.24, 2.45) is 0 Å². The Labute approximate surface area is 121 Å². The SMILES string of the molecule is Cc1cc(F)cc(-n2nc([C@H]3CCCO3)c(C#N)c2N)c1. The van der Waals surface area contributed by atoms with Crippen LogP contribution >= 0.6 is 0 Å². The van der Waals surface area contributed by atoms with Crippen LogP contribution in [0, 0.1) is 24.1 Å². The first-order chi connectivity index (χ1) is 10.1. The first-order valence-corrected chi connectivity index (χ1v) is 6.78. The Morgan fingerprint density at radius 3 is 2.90 bits per heavy atom. The van der Waals surface area contributed by atoms with Crippen LogP contribution in [0.2, 0.25) is 0 Å². The van der Waals surface area contributed by atoms with Crippen LogP contribution in [0.25, 0.3) is 5.69 Å². The maximum absolute atomic E-state index is 13.6. The summed E-state index contributed by atoms with van der Waals surface area (Å²) in [5.41, 5.74) is 8.13. The Morgan fingerprint density at radius 2 is 2.29 bits per heavy atom. The Bertz CT molecular complexity index is 706. The number of rotatable bonds is 2. The molecule has 108 valence electrons. The van der Waals surface area contributed by atoms with E-state index in [4.69, 9.17) is 10.5 Å². The predicted octanol–water partition coefficient (Wildman–Crippen LogP) is 2.63. The molecule has 0 spiro atoms. The molecule has 2 heterocycles. The molecule has 0 aliphatic carbocycles. The molecule has 1 atom stereocenters. The molecule has 1 aliphatic rings. The van der Waals surface area contributed by atoms with Gasteiger partial charge in [-0.05, 0) is 43.5 Å².